The van der Waals surface area contributed by atoms with Crippen molar-refractivity contribution in [3.63, 3.8) is 0 Å². The van der Waals surface area contributed by atoms with E-state index in [4.69, 9.17) is 21.3 Å². The Kier molecular flexibility index (Phi) is 4.80. The van der Waals surface area contributed by atoms with E-state index >= 15 is 0 Å². The zero-order valence-corrected chi connectivity index (χ0v) is 15.3. The van der Waals surface area contributed by atoms with E-state index < -0.39 is 0 Å². The third-order valence-electron chi connectivity index (χ3n) is 3.87. The first-order chi connectivity index (χ1) is 13.2. The van der Waals surface area contributed by atoms with Crippen molar-refractivity contribution in [3.8, 4) is 17.1 Å². The predicted octanol–water partition coefficient (Wildman–Crippen LogP) is 4.88. The number of ether oxygens (including phenoxy) is 1. The van der Waals surface area contributed by atoms with Gasteiger partial charge < -0.3 is 10.1 Å². The Labute approximate surface area is 161 Å². The van der Waals surface area contributed by atoms with Crippen LogP contribution in [0.25, 0.3) is 22.3 Å². The number of fused-ring (bicyclic) bond motifs is 1. The van der Waals surface area contributed by atoms with Crippen molar-refractivity contribution in [1.29, 1.82) is 0 Å². The van der Waals surface area contributed by atoms with Crippen molar-refractivity contribution in [2.75, 3.05) is 11.9 Å². The molecule has 1 N–H and O–H groups in total. The van der Waals surface area contributed by atoms with Gasteiger partial charge in [-0.3, -0.25) is 4.98 Å². The zero-order chi connectivity index (χ0) is 18.6. The molecule has 3 aromatic heterocycles. The molecule has 3 heterocycles. The fourth-order valence-corrected chi connectivity index (χ4v) is 2.77. The number of hydrogen-bond acceptors (Lipinski definition) is 6. The number of rotatable bonds is 5. The number of benzene rings is 1. The van der Waals surface area contributed by atoms with Gasteiger partial charge in [-0.1, -0.05) is 11.6 Å². The molecule has 4 rings (SSSR count). The second-order valence-electron chi connectivity index (χ2n) is 5.74. The maximum atomic E-state index is 5.93. The highest BCUT2D eigenvalue weighted by Crippen LogP contribution is 2.29. The molecule has 0 aliphatic carbocycles. The molecule has 0 spiro atoms. The quantitative estimate of drug-likeness (QED) is 0.534. The normalized spacial score (nSPS) is 10.7. The fraction of sp³-hybridized carbons (Fsp3) is 0.100. The molecule has 4 aromatic rings. The van der Waals surface area contributed by atoms with E-state index in [1.807, 2.05) is 37.3 Å². The van der Waals surface area contributed by atoms with Crippen LogP contribution in [-0.4, -0.2) is 26.5 Å². The third kappa shape index (κ3) is 3.80. The summed E-state index contributed by atoms with van der Waals surface area (Å²) in [5.41, 5.74) is 1.63. The molecule has 0 saturated heterocycles. The standard InChI is InChI=1S/C20H16ClN5O/c1-2-27-15-6-7-17-16(10-15)20(25-18-8-5-14(21)12-23-18)26-19(24-17)13-4-3-9-22-11-13/h3-12H,2H2,1H3,(H,23,24,25,26). The molecule has 27 heavy (non-hydrogen) atoms. The highest BCUT2D eigenvalue weighted by molar-refractivity contribution is 6.30. The number of anilines is 2. The second-order valence-corrected chi connectivity index (χ2v) is 6.17. The largest absolute Gasteiger partial charge is 0.494 e. The minimum Gasteiger partial charge on any atom is -0.494 e. The summed E-state index contributed by atoms with van der Waals surface area (Å²) >= 11 is 5.93. The lowest BCUT2D eigenvalue weighted by Gasteiger charge is -2.12. The molecule has 0 aliphatic rings. The Bertz CT molecular complexity index is 1070. The maximum absolute atomic E-state index is 5.93. The Morgan fingerprint density at radius 1 is 1.07 bits per heavy atom. The molecule has 0 radical (unpaired) electrons. The molecule has 134 valence electrons. The van der Waals surface area contributed by atoms with Crippen molar-refractivity contribution >= 4 is 34.1 Å². The SMILES string of the molecule is CCOc1ccc2nc(-c3cccnc3)nc(Nc3ccc(Cl)cn3)c2c1. The molecule has 7 heteroatoms. The topological polar surface area (TPSA) is 72.8 Å². The Hall–Kier alpha value is -3.25. The van der Waals surface area contributed by atoms with Crippen LogP contribution in [0.3, 0.4) is 0 Å². The van der Waals surface area contributed by atoms with Gasteiger partial charge in [-0.05, 0) is 49.4 Å². The van der Waals surface area contributed by atoms with Gasteiger partial charge in [-0.25, -0.2) is 15.0 Å². The first kappa shape index (κ1) is 17.2. The summed E-state index contributed by atoms with van der Waals surface area (Å²) in [7, 11) is 0. The molecule has 0 unspecified atom stereocenters. The lowest BCUT2D eigenvalue weighted by atomic mass is 10.2. The highest BCUT2D eigenvalue weighted by atomic mass is 35.5. The van der Waals surface area contributed by atoms with Crippen LogP contribution in [-0.2, 0) is 0 Å². The van der Waals surface area contributed by atoms with Gasteiger partial charge in [-0.15, -0.1) is 0 Å². The van der Waals surface area contributed by atoms with Gasteiger partial charge in [0.05, 0.1) is 17.1 Å². The number of aromatic nitrogens is 4. The van der Waals surface area contributed by atoms with Crippen LogP contribution >= 0.6 is 11.6 Å². The zero-order valence-electron chi connectivity index (χ0n) is 14.6. The molecule has 0 amide bonds. The summed E-state index contributed by atoms with van der Waals surface area (Å²) < 4.78 is 5.62. The Morgan fingerprint density at radius 3 is 2.74 bits per heavy atom. The smallest absolute Gasteiger partial charge is 0.163 e. The van der Waals surface area contributed by atoms with E-state index in [0.717, 1.165) is 22.2 Å². The second kappa shape index (κ2) is 7.55. The molecular formula is C20H16ClN5O. The third-order valence-corrected chi connectivity index (χ3v) is 4.10. The predicted molar refractivity (Wildman–Crippen MR) is 106 cm³/mol. The van der Waals surface area contributed by atoms with E-state index in [1.54, 1.807) is 30.7 Å². The molecule has 0 atom stereocenters. The average molecular weight is 378 g/mol. The van der Waals surface area contributed by atoms with E-state index in [9.17, 15) is 0 Å². The Balaban J connectivity index is 1.85. The van der Waals surface area contributed by atoms with Gasteiger partial charge in [-0.2, -0.15) is 0 Å². The number of nitrogens with zero attached hydrogens (tertiary/aromatic N) is 4. The van der Waals surface area contributed by atoms with Crippen molar-refractivity contribution < 1.29 is 4.74 Å². The average Bonchev–Trinajstić information content (AvgIpc) is 2.71. The number of halogens is 1. The van der Waals surface area contributed by atoms with Gasteiger partial charge >= 0.3 is 0 Å². The van der Waals surface area contributed by atoms with Crippen molar-refractivity contribution in [2.24, 2.45) is 0 Å². The molecule has 0 saturated carbocycles. The lowest BCUT2D eigenvalue weighted by molar-refractivity contribution is 0.340. The molecule has 6 nitrogen and oxygen atoms in total. The number of pyridine rings is 2. The van der Waals surface area contributed by atoms with E-state index in [2.05, 4.69) is 20.3 Å². The van der Waals surface area contributed by atoms with Crippen LogP contribution in [0.15, 0.2) is 61.1 Å². The van der Waals surface area contributed by atoms with E-state index in [1.165, 1.54) is 0 Å². The van der Waals surface area contributed by atoms with Gasteiger partial charge in [0.25, 0.3) is 0 Å². The number of nitrogens with one attached hydrogen (secondary N) is 1. The summed E-state index contributed by atoms with van der Waals surface area (Å²) in [6.07, 6.45) is 5.04. The van der Waals surface area contributed by atoms with E-state index in [0.29, 0.717) is 29.1 Å². The monoisotopic (exact) mass is 377 g/mol. The van der Waals surface area contributed by atoms with Gasteiger partial charge in [0.2, 0.25) is 0 Å². The summed E-state index contributed by atoms with van der Waals surface area (Å²) in [5, 5.41) is 4.67. The number of hydrogen-bond donors (Lipinski definition) is 1. The molecule has 0 bridgehead atoms. The lowest BCUT2D eigenvalue weighted by Crippen LogP contribution is -2.01. The van der Waals surface area contributed by atoms with Crippen LogP contribution in [0.4, 0.5) is 11.6 Å². The first-order valence-electron chi connectivity index (χ1n) is 8.46. The van der Waals surface area contributed by atoms with E-state index in [-0.39, 0.29) is 0 Å². The van der Waals surface area contributed by atoms with Crippen molar-refractivity contribution in [2.45, 2.75) is 6.92 Å². The van der Waals surface area contributed by atoms with Crippen LogP contribution in [0.5, 0.6) is 5.75 Å². The summed E-state index contributed by atoms with van der Waals surface area (Å²) in [6.45, 7) is 2.53. The summed E-state index contributed by atoms with van der Waals surface area (Å²) in [4.78, 5) is 17.8. The molecule has 1 aromatic carbocycles. The molecule has 0 aliphatic heterocycles. The Morgan fingerprint density at radius 2 is 2.00 bits per heavy atom. The summed E-state index contributed by atoms with van der Waals surface area (Å²) in [5.74, 6) is 2.61. The summed E-state index contributed by atoms with van der Waals surface area (Å²) in [6, 6.07) is 13.1. The van der Waals surface area contributed by atoms with Crippen molar-refractivity contribution in [3.05, 3.63) is 66.1 Å². The molecule has 0 fully saturated rings. The van der Waals surface area contributed by atoms with Crippen molar-refractivity contribution in [1.82, 2.24) is 19.9 Å². The van der Waals surface area contributed by atoms with Gasteiger partial charge in [0.15, 0.2) is 5.82 Å². The maximum Gasteiger partial charge on any atom is 0.163 e. The highest BCUT2D eigenvalue weighted by Gasteiger charge is 2.12. The minimum absolute atomic E-state index is 0.572. The van der Waals surface area contributed by atoms with Gasteiger partial charge in [0.1, 0.15) is 17.4 Å². The first-order valence-corrected chi connectivity index (χ1v) is 8.84. The van der Waals surface area contributed by atoms with Crippen LogP contribution in [0.1, 0.15) is 6.92 Å². The fourth-order valence-electron chi connectivity index (χ4n) is 2.65. The molecular weight excluding hydrogens is 362 g/mol. The van der Waals surface area contributed by atoms with Crippen LogP contribution in [0, 0.1) is 0 Å². The van der Waals surface area contributed by atoms with Gasteiger partial charge in [0, 0.05) is 29.5 Å². The minimum atomic E-state index is 0.572. The van der Waals surface area contributed by atoms with Crippen LogP contribution < -0.4 is 10.1 Å². The van der Waals surface area contributed by atoms with Crippen LogP contribution in [0.2, 0.25) is 5.02 Å².